The molecule has 0 aliphatic heterocycles. The normalized spacial score (nSPS) is 11.3. The first-order valence-corrected chi connectivity index (χ1v) is 6.54. The Morgan fingerprint density at radius 1 is 1.23 bits per heavy atom. The molecule has 0 aliphatic rings. The van der Waals surface area contributed by atoms with Crippen LogP contribution in [0, 0.1) is 6.92 Å². The van der Waals surface area contributed by atoms with Crippen LogP contribution >= 0.6 is 11.6 Å². The number of halogens is 4. The summed E-state index contributed by atoms with van der Waals surface area (Å²) in [6.45, 7) is 1.49. The number of amides is 1. The predicted octanol–water partition coefficient (Wildman–Crippen LogP) is 4.63. The van der Waals surface area contributed by atoms with Crippen molar-refractivity contribution in [2.24, 2.45) is 0 Å². The fraction of sp³-hybridized carbons (Fsp3) is 0.133. The fourth-order valence-electron chi connectivity index (χ4n) is 1.92. The third-order valence-electron chi connectivity index (χ3n) is 2.89. The van der Waals surface area contributed by atoms with Gasteiger partial charge in [0.1, 0.15) is 5.75 Å². The zero-order valence-corrected chi connectivity index (χ0v) is 12.1. The van der Waals surface area contributed by atoms with Crippen molar-refractivity contribution in [1.29, 1.82) is 0 Å². The van der Waals surface area contributed by atoms with Gasteiger partial charge in [-0.2, -0.15) is 13.2 Å². The molecule has 7 heteroatoms. The van der Waals surface area contributed by atoms with Gasteiger partial charge in [-0.1, -0.05) is 17.7 Å². The Bertz CT molecular complexity index is 729. The maximum atomic E-state index is 12.8. The molecule has 0 atom stereocenters. The van der Waals surface area contributed by atoms with Gasteiger partial charge in [0.15, 0.2) is 0 Å². The molecule has 2 rings (SSSR count). The van der Waals surface area contributed by atoms with Crippen LogP contribution in [-0.2, 0) is 6.18 Å². The Morgan fingerprint density at radius 2 is 1.91 bits per heavy atom. The molecule has 116 valence electrons. The molecule has 3 nitrogen and oxygen atoms in total. The van der Waals surface area contributed by atoms with Crippen LogP contribution in [0.25, 0.3) is 0 Å². The number of aryl methyl sites for hydroxylation is 1. The number of para-hydroxylation sites is 1. The van der Waals surface area contributed by atoms with Crippen LogP contribution in [0.1, 0.15) is 21.5 Å². The number of aromatic hydroxyl groups is 1. The molecule has 0 radical (unpaired) electrons. The molecule has 0 heterocycles. The smallest absolute Gasteiger partial charge is 0.416 e. The molecule has 0 unspecified atom stereocenters. The molecular formula is C15H11ClF3NO2. The van der Waals surface area contributed by atoms with Gasteiger partial charge in [0.05, 0.1) is 16.1 Å². The Balaban J connectivity index is 2.33. The summed E-state index contributed by atoms with van der Waals surface area (Å²) in [7, 11) is 0. The quantitative estimate of drug-likeness (QED) is 0.844. The molecule has 2 N–H and O–H groups in total. The van der Waals surface area contributed by atoms with E-state index >= 15 is 0 Å². The third-order valence-corrected chi connectivity index (χ3v) is 3.20. The maximum absolute atomic E-state index is 12.8. The van der Waals surface area contributed by atoms with Gasteiger partial charge in [0, 0.05) is 5.69 Å². The highest BCUT2D eigenvalue weighted by Gasteiger charge is 2.31. The molecule has 0 fully saturated rings. The molecule has 2 aromatic rings. The van der Waals surface area contributed by atoms with Crippen molar-refractivity contribution in [2.75, 3.05) is 5.32 Å². The fourth-order valence-corrected chi connectivity index (χ4v) is 2.09. The predicted molar refractivity (Wildman–Crippen MR) is 77.3 cm³/mol. The molecule has 22 heavy (non-hydrogen) atoms. The van der Waals surface area contributed by atoms with E-state index in [1.54, 1.807) is 0 Å². The van der Waals surface area contributed by atoms with E-state index in [2.05, 4.69) is 5.32 Å². The van der Waals surface area contributed by atoms with E-state index < -0.39 is 23.4 Å². The van der Waals surface area contributed by atoms with Crippen LogP contribution in [-0.4, -0.2) is 11.0 Å². The van der Waals surface area contributed by atoms with Crippen LogP contribution < -0.4 is 5.32 Å². The second-order valence-corrected chi connectivity index (χ2v) is 5.08. The summed E-state index contributed by atoms with van der Waals surface area (Å²) in [5, 5.41) is 12.0. The summed E-state index contributed by atoms with van der Waals surface area (Å²) in [6.07, 6.45) is -4.51. The summed E-state index contributed by atoms with van der Waals surface area (Å²) in [6, 6.07) is 7.36. The van der Waals surface area contributed by atoms with Crippen LogP contribution in [0.5, 0.6) is 5.75 Å². The lowest BCUT2D eigenvalue weighted by atomic mass is 10.1. The number of nitrogens with one attached hydrogen (secondary N) is 1. The SMILES string of the molecule is Cc1cc(NC(=O)c2cccc(Cl)c2O)cc(C(F)(F)F)c1. The molecule has 0 saturated heterocycles. The van der Waals surface area contributed by atoms with Crippen LogP contribution in [0.15, 0.2) is 36.4 Å². The monoisotopic (exact) mass is 329 g/mol. The van der Waals surface area contributed by atoms with E-state index in [0.29, 0.717) is 5.56 Å². The van der Waals surface area contributed by atoms with E-state index in [0.717, 1.165) is 12.1 Å². The van der Waals surface area contributed by atoms with Crippen molar-refractivity contribution in [3.8, 4) is 5.75 Å². The molecule has 0 spiro atoms. The number of anilines is 1. The molecule has 0 saturated carbocycles. The summed E-state index contributed by atoms with van der Waals surface area (Å²) in [5.74, 6) is -1.18. The molecule has 0 bridgehead atoms. The minimum Gasteiger partial charge on any atom is -0.506 e. The summed E-state index contributed by atoms with van der Waals surface area (Å²) >= 11 is 5.69. The molecule has 2 aromatic carbocycles. The Hall–Kier alpha value is -2.21. The standard InChI is InChI=1S/C15H11ClF3NO2/c1-8-5-9(15(17,18)19)7-10(6-8)20-14(22)11-3-2-4-12(16)13(11)21/h2-7,21H,1H3,(H,20,22). The number of rotatable bonds is 2. The molecular weight excluding hydrogens is 319 g/mol. The lowest BCUT2D eigenvalue weighted by Crippen LogP contribution is -2.13. The van der Waals surface area contributed by atoms with E-state index in [-0.39, 0.29) is 16.3 Å². The van der Waals surface area contributed by atoms with E-state index in [4.69, 9.17) is 11.6 Å². The van der Waals surface area contributed by atoms with Crippen molar-refractivity contribution < 1.29 is 23.1 Å². The lowest BCUT2D eigenvalue weighted by Gasteiger charge is -2.12. The summed E-state index contributed by atoms with van der Waals surface area (Å²) < 4.78 is 38.3. The Labute approximate surface area is 129 Å². The van der Waals surface area contributed by atoms with E-state index in [1.807, 2.05) is 0 Å². The summed E-state index contributed by atoms with van der Waals surface area (Å²) in [5.41, 5.74) is -0.655. The van der Waals surface area contributed by atoms with Gasteiger partial charge in [-0.25, -0.2) is 0 Å². The van der Waals surface area contributed by atoms with E-state index in [9.17, 15) is 23.1 Å². The summed E-state index contributed by atoms with van der Waals surface area (Å²) in [4.78, 5) is 12.0. The minimum absolute atomic E-state index is 0.0169. The van der Waals surface area contributed by atoms with Gasteiger partial charge in [-0.05, 0) is 42.8 Å². The van der Waals surface area contributed by atoms with Gasteiger partial charge in [-0.15, -0.1) is 0 Å². The van der Waals surface area contributed by atoms with Crippen molar-refractivity contribution >= 4 is 23.2 Å². The number of hydrogen-bond acceptors (Lipinski definition) is 2. The van der Waals surface area contributed by atoms with Crippen molar-refractivity contribution in [3.63, 3.8) is 0 Å². The van der Waals surface area contributed by atoms with Gasteiger partial charge in [0.2, 0.25) is 0 Å². The van der Waals surface area contributed by atoms with Gasteiger partial charge in [0.25, 0.3) is 5.91 Å². The van der Waals surface area contributed by atoms with Crippen LogP contribution in [0.2, 0.25) is 5.02 Å². The van der Waals surface area contributed by atoms with Gasteiger partial charge in [-0.3, -0.25) is 4.79 Å². The average Bonchev–Trinajstić information content (AvgIpc) is 2.40. The second-order valence-electron chi connectivity index (χ2n) is 4.68. The highest BCUT2D eigenvalue weighted by molar-refractivity contribution is 6.32. The zero-order chi connectivity index (χ0) is 16.5. The first-order chi connectivity index (χ1) is 10.2. The number of hydrogen-bond donors (Lipinski definition) is 2. The molecule has 0 aromatic heterocycles. The molecule has 0 aliphatic carbocycles. The average molecular weight is 330 g/mol. The van der Waals surface area contributed by atoms with Crippen molar-refractivity contribution in [2.45, 2.75) is 13.1 Å². The second kappa shape index (κ2) is 5.88. The molecule has 1 amide bonds. The number of carbonyl (C=O) groups is 1. The van der Waals surface area contributed by atoms with Gasteiger partial charge < -0.3 is 10.4 Å². The lowest BCUT2D eigenvalue weighted by molar-refractivity contribution is -0.137. The van der Waals surface area contributed by atoms with Crippen molar-refractivity contribution in [1.82, 2.24) is 0 Å². The first-order valence-electron chi connectivity index (χ1n) is 6.16. The van der Waals surface area contributed by atoms with Crippen LogP contribution in [0.4, 0.5) is 18.9 Å². The number of alkyl halides is 3. The maximum Gasteiger partial charge on any atom is 0.416 e. The number of benzene rings is 2. The number of phenols is 1. The minimum atomic E-state index is -4.51. The Kier molecular flexibility index (Phi) is 4.32. The van der Waals surface area contributed by atoms with Crippen LogP contribution in [0.3, 0.4) is 0 Å². The van der Waals surface area contributed by atoms with E-state index in [1.165, 1.54) is 31.2 Å². The number of carbonyl (C=O) groups excluding carboxylic acids is 1. The largest absolute Gasteiger partial charge is 0.506 e. The van der Waals surface area contributed by atoms with Gasteiger partial charge >= 0.3 is 6.18 Å². The Morgan fingerprint density at radius 3 is 2.55 bits per heavy atom. The third kappa shape index (κ3) is 3.51. The highest BCUT2D eigenvalue weighted by Crippen LogP contribution is 2.32. The first kappa shape index (κ1) is 16.2. The topological polar surface area (TPSA) is 49.3 Å². The number of phenolic OH excluding ortho intramolecular Hbond substituents is 1. The zero-order valence-electron chi connectivity index (χ0n) is 11.3. The van der Waals surface area contributed by atoms with Crippen molar-refractivity contribution in [3.05, 3.63) is 58.1 Å². The highest BCUT2D eigenvalue weighted by atomic mass is 35.5.